The van der Waals surface area contributed by atoms with Gasteiger partial charge in [0.2, 0.25) is 12.7 Å². The van der Waals surface area contributed by atoms with Crippen LogP contribution in [0.15, 0.2) is 42.5 Å². The van der Waals surface area contributed by atoms with Crippen molar-refractivity contribution in [2.75, 3.05) is 30.5 Å². The lowest BCUT2D eigenvalue weighted by atomic mass is 10.0. The maximum atomic E-state index is 12.8. The molecule has 2 atom stereocenters. The van der Waals surface area contributed by atoms with Crippen LogP contribution >= 0.6 is 0 Å². The van der Waals surface area contributed by atoms with Gasteiger partial charge in [0.25, 0.3) is 0 Å². The molecule has 1 saturated heterocycles. The molecule has 0 aromatic heterocycles. The Labute approximate surface area is 175 Å². The lowest BCUT2D eigenvalue weighted by Crippen LogP contribution is -2.33. The van der Waals surface area contributed by atoms with Crippen LogP contribution in [0.25, 0.3) is 0 Å². The van der Waals surface area contributed by atoms with Crippen LogP contribution in [0.5, 0.6) is 11.5 Å². The Morgan fingerprint density at radius 2 is 1.83 bits per heavy atom. The zero-order valence-electron chi connectivity index (χ0n) is 16.9. The van der Waals surface area contributed by atoms with Crippen molar-refractivity contribution in [2.24, 2.45) is 11.3 Å². The second-order valence-electron chi connectivity index (χ2n) is 8.33. The minimum absolute atomic E-state index is 0.00581. The van der Waals surface area contributed by atoms with Gasteiger partial charge in [0.05, 0.1) is 0 Å². The maximum Gasteiger partial charge on any atom is 0.321 e. The predicted molar refractivity (Wildman–Crippen MR) is 113 cm³/mol. The van der Waals surface area contributed by atoms with Gasteiger partial charge in [0.1, 0.15) is 0 Å². The number of carbonyl (C=O) groups is 2. The molecule has 2 aromatic carbocycles. The first-order chi connectivity index (χ1) is 14.6. The molecule has 0 radical (unpaired) electrons. The summed E-state index contributed by atoms with van der Waals surface area (Å²) in [4.78, 5) is 27.2. The Balaban J connectivity index is 1.16. The van der Waals surface area contributed by atoms with Crippen molar-refractivity contribution in [3.63, 3.8) is 0 Å². The summed E-state index contributed by atoms with van der Waals surface area (Å²) in [6, 6.07) is 13.2. The number of fused-ring (bicyclic) bond motifs is 1. The molecule has 156 valence electrons. The molecule has 2 aromatic rings. The molecule has 2 fully saturated rings. The molecule has 30 heavy (non-hydrogen) atoms. The number of benzene rings is 2. The topological polar surface area (TPSA) is 79.9 Å². The van der Waals surface area contributed by atoms with E-state index in [0.29, 0.717) is 30.3 Å². The van der Waals surface area contributed by atoms with E-state index in [2.05, 4.69) is 17.6 Å². The Morgan fingerprint density at radius 1 is 1.07 bits per heavy atom. The molecule has 1 aliphatic carbocycles. The molecule has 7 nitrogen and oxygen atoms in total. The van der Waals surface area contributed by atoms with Crippen LogP contribution in [-0.4, -0.2) is 36.7 Å². The summed E-state index contributed by atoms with van der Waals surface area (Å²) in [6.45, 7) is 3.60. The van der Waals surface area contributed by atoms with Gasteiger partial charge in [0.15, 0.2) is 11.5 Å². The van der Waals surface area contributed by atoms with E-state index in [0.717, 1.165) is 24.9 Å². The second kappa shape index (κ2) is 7.23. The van der Waals surface area contributed by atoms with Crippen LogP contribution < -0.4 is 20.1 Å². The number of nitrogens with one attached hydrogen (secondary N) is 2. The molecule has 5 rings (SSSR count). The van der Waals surface area contributed by atoms with Crippen LogP contribution in [0.2, 0.25) is 0 Å². The minimum Gasteiger partial charge on any atom is -0.454 e. The molecular formula is C23H25N3O4. The van der Waals surface area contributed by atoms with Crippen LogP contribution in [0.3, 0.4) is 0 Å². The second-order valence-corrected chi connectivity index (χ2v) is 8.33. The molecule has 1 saturated carbocycles. The molecule has 3 amide bonds. The lowest BCUT2D eigenvalue weighted by molar-refractivity contribution is -0.118. The van der Waals surface area contributed by atoms with E-state index >= 15 is 0 Å². The Hall–Kier alpha value is -3.22. The van der Waals surface area contributed by atoms with Gasteiger partial charge in [0, 0.05) is 41.9 Å². The van der Waals surface area contributed by atoms with Crippen LogP contribution in [0.1, 0.15) is 25.3 Å². The first kappa shape index (κ1) is 18.8. The van der Waals surface area contributed by atoms with Crippen molar-refractivity contribution in [3.8, 4) is 11.5 Å². The molecule has 2 aliphatic heterocycles. The number of anilines is 2. The highest BCUT2D eigenvalue weighted by molar-refractivity contribution is 5.96. The molecule has 1 spiro atoms. The summed E-state index contributed by atoms with van der Waals surface area (Å²) in [5.74, 6) is 1.28. The minimum atomic E-state index is -0.0991. The maximum absolute atomic E-state index is 12.8. The van der Waals surface area contributed by atoms with Gasteiger partial charge in [-0.15, -0.1) is 0 Å². The van der Waals surface area contributed by atoms with Gasteiger partial charge in [-0.2, -0.15) is 0 Å². The highest BCUT2D eigenvalue weighted by Crippen LogP contribution is 2.58. The van der Waals surface area contributed by atoms with Crippen molar-refractivity contribution in [3.05, 3.63) is 48.0 Å². The normalized spacial score (nSPS) is 23.5. The number of carbonyl (C=O) groups excluding carboxylic acids is 2. The van der Waals surface area contributed by atoms with Gasteiger partial charge < -0.3 is 25.0 Å². The van der Waals surface area contributed by atoms with Crippen molar-refractivity contribution in [1.82, 2.24) is 4.90 Å². The summed E-state index contributed by atoms with van der Waals surface area (Å²) in [7, 11) is 0. The van der Waals surface area contributed by atoms with E-state index in [1.165, 1.54) is 5.56 Å². The number of hydrogen-bond donors (Lipinski definition) is 2. The molecule has 0 unspecified atom stereocenters. The highest BCUT2D eigenvalue weighted by atomic mass is 16.7. The third-order valence-electron chi connectivity index (χ3n) is 6.43. The molecular weight excluding hydrogens is 382 g/mol. The van der Waals surface area contributed by atoms with Crippen molar-refractivity contribution in [2.45, 2.75) is 26.2 Å². The first-order valence-corrected chi connectivity index (χ1v) is 10.4. The van der Waals surface area contributed by atoms with E-state index in [4.69, 9.17) is 9.47 Å². The third kappa shape index (κ3) is 3.44. The highest BCUT2D eigenvalue weighted by Gasteiger charge is 2.61. The number of amides is 3. The average Bonchev–Trinajstić information content (AvgIpc) is 3.06. The van der Waals surface area contributed by atoms with Gasteiger partial charge in [-0.3, -0.25) is 4.79 Å². The van der Waals surface area contributed by atoms with Gasteiger partial charge in [-0.1, -0.05) is 19.1 Å². The van der Waals surface area contributed by atoms with E-state index < -0.39 is 0 Å². The lowest BCUT2D eigenvalue weighted by Gasteiger charge is -2.18. The van der Waals surface area contributed by atoms with Crippen molar-refractivity contribution < 1.29 is 19.1 Å². The zero-order chi connectivity index (χ0) is 20.7. The standard InChI is InChI=1S/C23H25N3O4/c1-2-15-3-5-16(6-4-15)25-22(28)26-10-9-23(13-26)12-18(23)21(27)24-17-7-8-19-20(11-17)30-14-29-19/h3-8,11,18H,2,9-10,12-14H2,1H3,(H,24,27)(H,25,28)/t18-,23-/m0/s1. The monoisotopic (exact) mass is 407 g/mol. The number of hydrogen-bond acceptors (Lipinski definition) is 4. The number of rotatable bonds is 4. The fraction of sp³-hybridized carbons (Fsp3) is 0.391. The predicted octanol–water partition coefficient (Wildman–Crippen LogP) is 3.86. The van der Waals surface area contributed by atoms with Gasteiger partial charge in [-0.05, 0) is 49.1 Å². The summed E-state index contributed by atoms with van der Waals surface area (Å²) in [6.07, 6.45) is 2.64. The van der Waals surface area contributed by atoms with E-state index in [1.807, 2.05) is 35.2 Å². The van der Waals surface area contributed by atoms with Crippen LogP contribution in [0.4, 0.5) is 16.2 Å². The number of likely N-dealkylation sites (tertiary alicyclic amines) is 1. The summed E-state index contributed by atoms with van der Waals surface area (Å²) in [5, 5.41) is 5.96. The average molecular weight is 407 g/mol. The Kier molecular flexibility index (Phi) is 4.53. The summed E-state index contributed by atoms with van der Waals surface area (Å²) < 4.78 is 10.7. The number of nitrogens with zero attached hydrogens (tertiary/aromatic N) is 1. The molecule has 0 bridgehead atoms. The van der Waals surface area contributed by atoms with Crippen molar-refractivity contribution >= 4 is 23.3 Å². The fourth-order valence-electron chi connectivity index (χ4n) is 4.47. The number of aryl methyl sites for hydroxylation is 1. The van der Waals surface area contributed by atoms with Crippen LogP contribution in [-0.2, 0) is 11.2 Å². The Morgan fingerprint density at radius 3 is 2.63 bits per heavy atom. The summed E-state index contributed by atoms with van der Waals surface area (Å²) in [5.41, 5.74) is 2.65. The molecule has 3 aliphatic rings. The Bertz CT molecular complexity index is 990. The molecule has 2 N–H and O–H groups in total. The van der Waals surface area contributed by atoms with E-state index in [9.17, 15) is 9.59 Å². The third-order valence-corrected chi connectivity index (χ3v) is 6.43. The van der Waals surface area contributed by atoms with Crippen LogP contribution in [0, 0.1) is 11.3 Å². The van der Waals surface area contributed by atoms with Crippen molar-refractivity contribution in [1.29, 1.82) is 0 Å². The number of urea groups is 1. The van der Waals surface area contributed by atoms with E-state index in [1.54, 1.807) is 12.1 Å². The molecule has 2 heterocycles. The largest absolute Gasteiger partial charge is 0.454 e. The quantitative estimate of drug-likeness (QED) is 0.807. The number of ether oxygens (including phenoxy) is 2. The zero-order valence-corrected chi connectivity index (χ0v) is 16.9. The smallest absolute Gasteiger partial charge is 0.321 e. The van der Waals surface area contributed by atoms with Gasteiger partial charge >= 0.3 is 6.03 Å². The first-order valence-electron chi connectivity index (χ1n) is 10.4. The fourth-order valence-corrected chi connectivity index (χ4v) is 4.47. The van der Waals surface area contributed by atoms with Gasteiger partial charge in [-0.25, -0.2) is 4.79 Å². The summed E-state index contributed by atoms with van der Waals surface area (Å²) >= 11 is 0. The molecule has 7 heteroatoms. The van der Waals surface area contributed by atoms with E-state index in [-0.39, 0.29) is 30.1 Å². The SMILES string of the molecule is CCc1ccc(NC(=O)N2CC[C@]3(C[C@H]3C(=O)Nc3ccc4c(c3)OCO4)C2)cc1.